The predicted octanol–water partition coefficient (Wildman–Crippen LogP) is 4.95. The Bertz CT molecular complexity index is 312. The SMILES string of the molecule is CC(C)CCCNc1ccc(Br)c(Cl)c1. The Morgan fingerprint density at radius 3 is 2.73 bits per heavy atom. The van der Waals surface area contributed by atoms with Crippen molar-refractivity contribution in [1.29, 1.82) is 0 Å². The molecule has 0 aromatic heterocycles. The Hall–Kier alpha value is -0.210. The van der Waals surface area contributed by atoms with E-state index >= 15 is 0 Å². The first-order valence-electron chi connectivity index (χ1n) is 5.28. The number of hydrogen-bond acceptors (Lipinski definition) is 1. The molecule has 84 valence electrons. The summed E-state index contributed by atoms with van der Waals surface area (Å²) in [6.07, 6.45) is 2.46. The van der Waals surface area contributed by atoms with Crippen LogP contribution in [0, 0.1) is 5.92 Å². The van der Waals surface area contributed by atoms with Crippen LogP contribution in [0.2, 0.25) is 5.02 Å². The van der Waals surface area contributed by atoms with Gasteiger partial charge in [0, 0.05) is 16.7 Å². The Morgan fingerprint density at radius 2 is 2.13 bits per heavy atom. The summed E-state index contributed by atoms with van der Waals surface area (Å²) < 4.78 is 0.942. The molecule has 0 aliphatic rings. The molecule has 15 heavy (non-hydrogen) atoms. The van der Waals surface area contributed by atoms with Crippen LogP contribution in [0.15, 0.2) is 22.7 Å². The molecule has 0 atom stereocenters. The van der Waals surface area contributed by atoms with E-state index in [1.807, 2.05) is 18.2 Å². The fourth-order valence-corrected chi connectivity index (χ4v) is 1.78. The maximum atomic E-state index is 5.99. The van der Waals surface area contributed by atoms with Crippen LogP contribution in [0.1, 0.15) is 26.7 Å². The van der Waals surface area contributed by atoms with E-state index in [4.69, 9.17) is 11.6 Å². The quantitative estimate of drug-likeness (QED) is 0.757. The van der Waals surface area contributed by atoms with Gasteiger partial charge >= 0.3 is 0 Å². The van der Waals surface area contributed by atoms with Gasteiger partial charge in [0.15, 0.2) is 0 Å². The summed E-state index contributed by atoms with van der Waals surface area (Å²) in [6.45, 7) is 5.50. The molecule has 1 aromatic carbocycles. The molecule has 0 saturated heterocycles. The fraction of sp³-hybridized carbons (Fsp3) is 0.500. The van der Waals surface area contributed by atoms with E-state index in [9.17, 15) is 0 Å². The number of anilines is 1. The molecule has 0 bridgehead atoms. The van der Waals surface area contributed by atoms with Crippen LogP contribution in [0.5, 0.6) is 0 Å². The van der Waals surface area contributed by atoms with Crippen molar-refractivity contribution in [2.75, 3.05) is 11.9 Å². The van der Waals surface area contributed by atoms with Crippen molar-refractivity contribution in [2.45, 2.75) is 26.7 Å². The predicted molar refractivity (Wildman–Crippen MR) is 71.7 cm³/mol. The second-order valence-corrected chi connectivity index (χ2v) is 5.35. The summed E-state index contributed by atoms with van der Waals surface area (Å²) >= 11 is 9.36. The lowest BCUT2D eigenvalue weighted by molar-refractivity contribution is 0.567. The van der Waals surface area contributed by atoms with Crippen LogP contribution < -0.4 is 5.32 Å². The molecule has 0 spiro atoms. The first-order valence-corrected chi connectivity index (χ1v) is 6.45. The summed E-state index contributed by atoms with van der Waals surface area (Å²) in [5.74, 6) is 0.778. The smallest absolute Gasteiger partial charge is 0.0568 e. The number of rotatable bonds is 5. The maximum Gasteiger partial charge on any atom is 0.0568 e. The zero-order valence-electron chi connectivity index (χ0n) is 9.19. The van der Waals surface area contributed by atoms with Crippen molar-refractivity contribution >= 4 is 33.2 Å². The Labute approximate surface area is 105 Å². The third kappa shape index (κ3) is 4.89. The highest BCUT2D eigenvalue weighted by atomic mass is 79.9. The van der Waals surface area contributed by atoms with Crippen molar-refractivity contribution in [3.8, 4) is 0 Å². The van der Waals surface area contributed by atoms with E-state index in [0.29, 0.717) is 0 Å². The van der Waals surface area contributed by atoms with E-state index in [2.05, 4.69) is 35.1 Å². The van der Waals surface area contributed by atoms with Crippen molar-refractivity contribution in [3.05, 3.63) is 27.7 Å². The molecular weight excluding hydrogens is 273 g/mol. The van der Waals surface area contributed by atoms with Gasteiger partial charge in [-0.2, -0.15) is 0 Å². The minimum absolute atomic E-state index is 0.754. The molecule has 0 amide bonds. The van der Waals surface area contributed by atoms with Crippen LogP contribution in [0.3, 0.4) is 0 Å². The minimum Gasteiger partial charge on any atom is -0.385 e. The van der Waals surface area contributed by atoms with Gasteiger partial charge < -0.3 is 5.32 Å². The van der Waals surface area contributed by atoms with Crippen LogP contribution in [-0.2, 0) is 0 Å². The summed E-state index contributed by atoms with van der Waals surface area (Å²) in [6, 6.07) is 5.94. The third-order valence-corrected chi connectivity index (χ3v) is 3.44. The second kappa shape index (κ2) is 6.39. The first-order chi connectivity index (χ1) is 7.09. The number of nitrogens with one attached hydrogen (secondary N) is 1. The molecule has 0 heterocycles. The molecule has 0 saturated carbocycles. The van der Waals surface area contributed by atoms with Gasteiger partial charge in [0.1, 0.15) is 0 Å². The lowest BCUT2D eigenvalue weighted by Crippen LogP contribution is -2.02. The monoisotopic (exact) mass is 289 g/mol. The highest BCUT2D eigenvalue weighted by Crippen LogP contribution is 2.25. The van der Waals surface area contributed by atoms with Crippen molar-refractivity contribution in [2.24, 2.45) is 5.92 Å². The van der Waals surface area contributed by atoms with E-state index < -0.39 is 0 Å². The zero-order chi connectivity index (χ0) is 11.3. The highest BCUT2D eigenvalue weighted by Gasteiger charge is 1.98. The molecule has 1 nitrogen and oxygen atoms in total. The lowest BCUT2D eigenvalue weighted by Gasteiger charge is -2.08. The van der Waals surface area contributed by atoms with Gasteiger partial charge in [0.25, 0.3) is 0 Å². The molecule has 1 N–H and O–H groups in total. The largest absolute Gasteiger partial charge is 0.385 e. The standard InChI is InChI=1S/C12H17BrClN/c1-9(2)4-3-7-15-10-5-6-11(13)12(14)8-10/h5-6,8-9,15H,3-4,7H2,1-2H3. The summed E-state index contributed by atoms with van der Waals surface area (Å²) in [7, 11) is 0. The van der Waals surface area contributed by atoms with Crippen LogP contribution in [0.25, 0.3) is 0 Å². The molecule has 0 radical (unpaired) electrons. The van der Waals surface area contributed by atoms with Gasteiger partial charge in [-0.3, -0.25) is 0 Å². The second-order valence-electron chi connectivity index (χ2n) is 4.09. The van der Waals surface area contributed by atoms with Gasteiger partial charge in [0.05, 0.1) is 5.02 Å². The Balaban J connectivity index is 2.35. The topological polar surface area (TPSA) is 12.0 Å². The van der Waals surface area contributed by atoms with Crippen molar-refractivity contribution in [1.82, 2.24) is 0 Å². The molecule has 0 fully saturated rings. The fourth-order valence-electron chi connectivity index (χ4n) is 1.35. The van der Waals surface area contributed by atoms with Gasteiger partial charge in [-0.15, -0.1) is 0 Å². The Morgan fingerprint density at radius 1 is 1.40 bits per heavy atom. The summed E-state index contributed by atoms with van der Waals surface area (Å²) in [4.78, 5) is 0. The maximum absolute atomic E-state index is 5.99. The van der Waals surface area contributed by atoms with Gasteiger partial charge in [-0.05, 0) is 52.9 Å². The number of hydrogen-bond donors (Lipinski definition) is 1. The minimum atomic E-state index is 0.754. The van der Waals surface area contributed by atoms with Crippen molar-refractivity contribution < 1.29 is 0 Å². The molecule has 0 unspecified atom stereocenters. The highest BCUT2D eigenvalue weighted by molar-refractivity contribution is 9.10. The lowest BCUT2D eigenvalue weighted by atomic mass is 10.1. The van der Waals surface area contributed by atoms with Gasteiger partial charge in [-0.1, -0.05) is 25.4 Å². The van der Waals surface area contributed by atoms with E-state index in [1.54, 1.807) is 0 Å². The van der Waals surface area contributed by atoms with Gasteiger partial charge in [-0.25, -0.2) is 0 Å². The molecule has 1 rings (SSSR count). The van der Waals surface area contributed by atoms with Crippen molar-refractivity contribution in [3.63, 3.8) is 0 Å². The van der Waals surface area contributed by atoms with E-state index in [1.165, 1.54) is 12.8 Å². The van der Waals surface area contributed by atoms with Gasteiger partial charge in [0.2, 0.25) is 0 Å². The summed E-state index contributed by atoms with van der Waals surface area (Å²) in [5.41, 5.74) is 1.09. The average molecular weight is 291 g/mol. The summed E-state index contributed by atoms with van der Waals surface area (Å²) in [5, 5.41) is 4.12. The van der Waals surface area contributed by atoms with Crippen LogP contribution in [-0.4, -0.2) is 6.54 Å². The van der Waals surface area contributed by atoms with E-state index in [0.717, 1.165) is 27.6 Å². The Kier molecular flexibility index (Phi) is 5.48. The van der Waals surface area contributed by atoms with Crippen LogP contribution in [0.4, 0.5) is 5.69 Å². The average Bonchev–Trinajstić information content (AvgIpc) is 2.18. The van der Waals surface area contributed by atoms with E-state index in [-0.39, 0.29) is 0 Å². The normalized spacial score (nSPS) is 10.7. The number of benzene rings is 1. The third-order valence-electron chi connectivity index (χ3n) is 2.21. The molecule has 1 aromatic rings. The first kappa shape index (κ1) is 12.9. The molecule has 0 aliphatic carbocycles. The zero-order valence-corrected chi connectivity index (χ0v) is 11.5. The molecule has 3 heteroatoms. The number of halogens is 2. The molecule has 0 aliphatic heterocycles. The van der Waals surface area contributed by atoms with Crippen LogP contribution >= 0.6 is 27.5 Å². The molecular formula is C12H17BrClN.